The van der Waals surface area contributed by atoms with Crippen LogP contribution in [0.2, 0.25) is 0 Å². The molecule has 4 N–H and O–H groups in total. The van der Waals surface area contributed by atoms with Crippen molar-refractivity contribution >= 4 is 34.0 Å². The van der Waals surface area contributed by atoms with Crippen molar-refractivity contribution in [1.29, 1.82) is 0 Å². The van der Waals surface area contributed by atoms with E-state index < -0.39 is 0 Å². The Bertz CT molecular complexity index is 1280. The summed E-state index contributed by atoms with van der Waals surface area (Å²) in [6.07, 6.45) is 5.71. The van der Waals surface area contributed by atoms with Crippen LogP contribution in [0.1, 0.15) is 12.8 Å². The van der Waals surface area contributed by atoms with Gasteiger partial charge in [0.05, 0.1) is 30.5 Å². The number of hydrogen-bond donors (Lipinski definition) is 3. The summed E-state index contributed by atoms with van der Waals surface area (Å²) in [5.74, 6) is 1.95. The van der Waals surface area contributed by atoms with Crippen LogP contribution in [0.4, 0.5) is 23.0 Å². The van der Waals surface area contributed by atoms with Gasteiger partial charge in [0.15, 0.2) is 0 Å². The minimum Gasteiger partial charge on any atom is -0.378 e. The van der Waals surface area contributed by atoms with Crippen LogP contribution < -0.4 is 20.9 Å². The molecule has 0 spiro atoms. The summed E-state index contributed by atoms with van der Waals surface area (Å²) in [6.45, 7) is 5.02. The van der Waals surface area contributed by atoms with Crippen molar-refractivity contribution in [2.75, 3.05) is 54.5 Å². The van der Waals surface area contributed by atoms with Crippen LogP contribution in [-0.4, -0.2) is 65.4 Å². The highest BCUT2D eigenvalue weighted by molar-refractivity contribution is 5.92. The fourth-order valence-electron chi connectivity index (χ4n) is 4.87. The molecule has 35 heavy (non-hydrogen) atoms. The van der Waals surface area contributed by atoms with Gasteiger partial charge in [0, 0.05) is 43.6 Å². The molecule has 1 atom stereocenters. The van der Waals surface area contributed by atoms with Gasteiger partial charge in [-0.3, -0.25) is 0 Å². The zero-order valence-electron chi connectivity index (χ0n) is 19.7. The summed E-state index contributed by atoms with van der Waals surface area (Å²) < 4.78 is 5.49. The number of morpholine rings is 1. The van der Waals surface area contributed by atoms with Crippen LogP contribution in [0.3, 0.4) is 0 Å². The number of hydrogen-bond acceptors (Lipinski definition) is 8. The third-order valence-corrected chi connectivity index (χ3v) is 6.73. The van der Waals surface area contributed by atoms with Crippen molar-refractivity contribution in [2.45, 2.75) is 18.9 Å². The van der Waals surface area contributed by atoms with E-state index in [1.165, 1.54) is 0 Å². The molecular formula is C26H30N8O. The Morgan fingerprint density at radius 2 is 1.77 bits per heavy atom. The van der Waals surface area contributed by atoms with Crippen molar-refractivity contribution in [1.82, 2.24) is 19.9 Å². The van der Waals surface area contributed by atoms with Crippen molar-refractivity contribution in [3.05, 3.63) is 55.0 Å². The van der Waals surface area contributed by atoms with Crippen LogP contribution >= 0.6 is 0 Å². The van der Waals surface area contributed by atoms with Gasteiger partial charge in [0.1, 0.15) is 23.6 Å². The summed E-state index contributed by atoms with van der Waals surface area (Å²) in [5, 5.41) is 4.48. The highest BCUT2D eigenvalue weighted by atomic mass is 16.5. The fraction of sp³-hybridized carbons (Fsp3) is 0.346. The van der Waals surface area contributed by atoms with Gasteiger partial charge < -0.3 is 30.6 Å². The molecule has 1 aromatic carbocycles. The van der Waals surface area contributed by atoms with E-state index in [1.54, 1.807) is 6.33 Å². The number of pyridine rings is 1. The van der Waals surface area contributed by atoms with Gasteiger partial charge in [-0.15, -0.1) is 0 Å². The number of anilines is 4. The van der Waals surface area contributed by atoms with Gasteiger partial charge in [0.25, 0.3) is 0 Å². The number of nitrogens with one attached hydrogen (secondary N) is 2. The molecule has 2 aliphatic heterocycles. The first-order valence-electron chi connectivity index (χ1n) is 12.2. The molecule has 0 aliphatic carbocycles. The van der Waals surface area contributed by atoms with Crippen molar-refractivity contribution in [2.24, 2.45) is 5.73 Å². The van der Waals surface area contributed by atoms with Crippen LogP contribution in [0.5, 0.6) is 0 Å². The molecule has 180 valence electrons. The molecule has 0 radical (unpaired) electrons. The van der Waals surface area contributed by atoms with Crippen molar-refractivity contribution in [3.8, 4) is 11.3 Å². The van der Waals surface area contributed by atoms with Crippen LogP contribution in [-0.2, 0) is 4.74 Å². The number of nitrogens with two attached hydrogens (primary N) is 1. The predicted octanol–water partition coefficient (Wildman–Crippen LogP) is 3.53. The quantitative estimate of drug-likeness (QED) is 0.407. The van der Waals surface area contributed by atoms with Gasteiger partial charge in [-0.1, -0.05) is 12.1 Å². The van der Waals surface area contributed by atoms with E-state index >= 15 is 0 Å². The van der Waals surface area contributed by atoms with Crippen LogP contribution in [0.25, 0.3) is 22.3 Å². The van der Waals surface area contributed by atoms with Crippen molar-refractivity contribution < 1.29 is 4.74 Å². The third kappa shape index (κ3) is 4.65. The van der Waals surface area contributed by atoms with Crippen molar-refractivity contribution in [3.63, 3.8) is 0 Å². The lowest BCUT2D eigenvalue weighted by Crippen LogP contribution is -2.43. The molecule has 9 heteroatoms. The highest BCUT2D eigenvalue weighted by Gasteiger charge is 2.19. The van der Waals surface area contributed by atoms with Gasteiger partial charge in [0.2, 0.25) is 0 Å². The molecule has 5 heterocycles. The predicted molar refractivity (Wildman–Crippen MR) is 139 cm³/mol. The average molecular weight is 471 g/mol. The third-order valence-electron chi connectivity index (χ3n) is 6.73. The topological polar surface area (TPSA) is 108 Å². The molecule has 2 fully saturated rings. The summed E-state index contributed by atoms with van der Waals surface area (Å²) in [4.78, 5) is 21.6. The fourth-order valence-corrected chi connectivity index (χ4v) is 4.87. The second-order valence-corrected chi connectivity index (χ2v) is 9.20. The summed E-state index contributed by atoms with van der Waals surface area (Å²) >= 11 is 0. The first-order valence-corrected chi connectivity index (χ1v) is 12.2. The van der Waals surface area contributed by atoms with Gasteiger partial charge >= 0.3 is 0 Å². The first-order chi connectivity index (χ1) is 17.2. The normalized spacial score (nSPS) is 18.7. The average Bonchev–Trinajstić information content (AvgIpc) is 3.35. The summed E-state index contributed by atoms with van der Waals surface area (Å²) in [5.41, 5.74) is 11.0. The standard InChI is InChI=1S/C26H30N8O/c27-19-2-1-9-34(16-19)24-8-7-21(15-28-24)31-20-5-3-18(4-6-20)23-14-22-25(32-23)29-17-30-26(22)33-10-12-35-13-11-33/h3-8,14-15,17,19,31H,1-2,9-13,16,27H2,(H,29,30,32)/t19-/m1/s1. The molecule has 0 unspecified atom stereocenters. The SMILES string of the molecule is N[C@@H]1CCCN(c2ccc(Nc3ccc(-c4cc5c(N6CCOCC6)ncnc5[nH]4)cc3)cn2)C1. The van der Waals surface area contributed by atoms with Gasteiger partial charge in [-0.2, -0.15) is 0 Å². The van der Waals surface area contributed by atoms with E-state index in [9.17, 15) is 0 Å². The molecule has 2 saturated heterocycles. The van der Waals surface area contributed by atoms with E-state index in [4.69, 9.17) is 10.5 Å². The molecule has 4 aromatic rings. The Morgan fingerprint density at radius 1 is 0.943 bits per heavy atom. The minimum absolute atomic E-state index is 0.233. The summed E-state index contributed by atoms with van der Waals surface area (Å²) in [7, 11) is 0. The smallest absolute Gasteiger partial charge is 0.143 e. The number of fused-ring (bicyclic) bond motifs is 1. The zero-order chi connectivity index (χ0) is 23.6. The highest BCUT2D eigenvalue weighted by Crippen LogP contribution is 2.30. The first kappa shape index (κ1) is 21.8. The number of piperidine rings is 1. The lowest BCUT2D eigenvalue weighted by atomic mass is 10.1. The molecule has 0 bridgehead atoms. The van der Waals surface area contributed by atoms with Crippen LogP contribution in [0, 0.1) is 0 Å². The number of nitrogens with zero attached hydrogens (tertiary/aromatic N) is 5. The molecule has 0 amide bonds. The van der Waals surface area contributed by atoms with Crippen LogP contribution in [0.15, 0.2) is 55.0 Å². The maximum atomic E-state index is 6.11. The molecule has 6 rings (SSSR count). The molecule has 0 saturated carbocycles. The Labute approximate surface area is 204 Å². The number of rotatable bonds is 5. The van der Waals surface area contributed by atoms with Gasteiger partial charge in [-0.25, -0.2) is 15.0 Å². The lowest BCUT2D eigenvalue weighted by Gasteiger charge is -2.31. The number of ether oxygens (including phenoxy) is 1. The molecule has 3 aromatic heterocycles. The lowest BCUT2D eigenvalue weighted by molar-refractivity contribution is 0.122. The molecular weight excluding hydrogens is 440 g/mol. The van der Waals surface area contributed by atoms with E-state index in [0.717, 1.165) is 97.5 Å². The number of aromatic nitrogens is 4. The van der Waals surface area contributed by atoms with Gasteiger partial charge in [-0.05, 0) is 48.7 Å². The number of aromatic amines is 1. The Kier molecular flexibility index (Phi) is 5.93. The number of H-pyrrole nitrogens is 1. The molecule has 2 aliphatic rings. The maximum absolute atomic E-state index is 6.11. The maximum Gasteiger partial charge on any atom is 0.143 e. The largest absolute Gasteiger partial charge is 0.378 e. The Morgan fingerprint density at radius 3 is 2.54 bits per heavy atom. The van der Waals surface area contributed by atoms with E-state index in [-0.39, 0.29) is 6.04 Å². The van der Waals surface area contributed by atoms with E-state index in [1.807, 2.05) is 6.20 Å². The Balaban J connectivity index is 1.16. The summed E-state index contributed by atoms with van der Waals surface area (Å²) in [6, 6.07) is 14.9. The minimum atomic E-state index is 0.233. The Hall–Kier alpha value is -3.69. The monoisotopic (exact) mass is 470 g/mol. The second-order valence-electron chi connectivity index (χ2n) is 9.20. The number of benzene rings is 1. The zero-order valence-corrected chi connectivity index (χ0v) is 19.7. The second kappa shape index (κ2) is 9.52. The van der Waals surface area contributed by atoms with E-state index in [2.05, 4.69) is 77.5 Å². The van der Waals surface area contributed by atoms with E-state index in [0.29, 0.717) is 0 Å². The molecule has 9 nitrogen and oxygen atoms in total.